The summed E-state index contributed by atoms with van der Waals surface area (Å²) in [6.07, 6.45) is 3.95. The van der Waals surface area contributed by atoms with Gasteiger partial charge in [0, 0.05) is 19.2 Å². The van der Waals surface area contributed by atoms with Crippen molar-refractivity contribution in [3.63, 3.8) is 0 Å². The number of carbonyl (C=O) groups excluding carboxylic acids is 2. The number of hydrogen-bond acceptors (Lipinski definition) is 5. The van der Waals surface area contributed by atoms with Crippen LogP contribution in [-0.2, 0) is 17.7 Å². The minimum atomic E-state index is -0.375. The summed E-state index contributed by atoms with van der Waals surface area (Å²) in [5.41, 5.74) is 4.18. The molecular formula is C21H27N3O4. The number of amides is 1. The minimum Gasteiger partial charge on any atom is -0.481 e. The second-order valence-electron chi connectivity index (χ2n) is 7.01. The third-order valence-corrected chi connectivity index (χ3v) is 5.57. The fraction of sp³-hybridized carbons (Fsp3) is 0.476. The molecule has 0 radical (unpaired) electrons. The predicted octanol–water partition coefficient (Wildman–Crippen LogP) is 3.53. The van der Waals surface area contributed by atoms with Crippen LogP contribution in [0.1, 0.15) is 58.4 Å². The summed E-state index contributed by atoms with van der Waals surface area (Å²) < 4.78 is 12.0. The van der Waals surface area contributed by atoms with Gasteiger partial charge >= 0.3 is 6.09 Å². The smallest absolute Gasteiger partial charge is 0.409 e. The SMILES string of the molecule is CCn1ncc(C(=O)c2ccc3c(c2C)C(N(C)C(=O)OC)CCC3)c1OC. The molecule has 7 heteroatoms. The summed E-state index contributed by atoms with van der Waals surface area (Å²) in [5.74, 6) is 0.342. The Hall–Kier alpha value is -2.83. The summed E-state index contributed by atoms with van der Waals surface area (Å²) in [4.78, 5) is 27.0. The van der Waals surface area contributed by atoms with Crippen LogP contribution in [0.15, 0.2) is 18.3 Å². The highest BCUT2D eigenvalue weighted by atomic mass is 16.5. The number of nitrogens with zero attached hydrogens (tertiary/aromatic N) is 3. The molecular weight excluding hydrogens is 358 g/mol. The van der Waals surface area contributed by atoms with E-state index in [2.05, 4.69) is 5.10 Å². The monoisotopic (exact) mass is 385 g/mol. The van der Waals surface area contributed by atoms with Crippen LogP contribution in [0.4, 0.5) is 4.79 Å². The number of aromatic nitrogens is 2. The van der Waals surface area contributed by atoms with Gasteiger partial charge in [0.05, 0.1) is 26.5 Å². The van der Waals surface area contributed by atoms with Gasteiger partial charge in [-0.05, 0) is 49.8 Å². The van der Waals surface area contributed by atoms with Crippen molar-refractivity contribution in [1.82, 2.24) is 14.7 Å². The van der Waals surface area contributed by atoms with E-state index in [1.165, 1.54) is 12.7 Å². The van der Waals surface area contributed by atoms with Crippen molar-refractivity contribution < 1.29 is 19.1 Å². The fourth-order valence-electron chi connectivity index (χ4n) is 4.12. The molecule has 1 aromatic carbocycles. The number of carbonyl (C=O) groups is 2. The molecule has 1 unspecified atom stereocenters. The average molecular weight is 385 g/mol. The number of fused-ring (bicyclic) bond motifs is 1. The topological polar surface area (TPSA) is 73.7 Å². The van der Waals surface area contributed by atoms with Crippen molar-refractivity contribution in [2.75, 3.05) is 21.3 Å². The molecule has 0 N–H and O–H groups in total. The number of ether oxygens (including phenoxy) is 2. The van der Waals surface area contributed by atoms with Gasteiger partial charge in [-0.25, -0.2) is 9.48 Å². The molecule has 1 aliphatic carbocycles. The molecule has 3 rings (SSSR count). The molecule has 0 spiro atoms. The lowest BCUT2D eigenvalue weighted by molar-refractivity contribution is 0.103. The molecule has 7 nitrogen and oxygen atoms in total. The molecule has 0 bridgehead atoms. The molecule has 1 amide bonds. The van der Waals surface area contributed by atoms with Crippen LogP contribution in [0, 0.1) is 6.92 Å². The van der Waals surface area contributed by atoms with Crippen LogP contribution < -0.4 is 4.74 Å². The third kappa shape index (κ3) is 3.25. The van der Waals surface area contributed by atoms with E-state index in [-0.39, 0.29) is 17.9 Å². The lowest BCUT2D eigenvalue weighted by Gasteiger charge is -2.34. The van der Waals surface area contributed by atoms with Gasteiger partial charge < -0.3 is 14.4 Å². The lowest BCUT2D eigenvalue weighted by atomic mass is 9.81. The van der Waals surface area contributed by atoms with E-state index >= 15 is 0 Å². The zero-order valence-corrected chi connectivity index (χ0v) is 17.1. The van der Waals surface area contributed by atoms with Crippen LogP contribution in [0.25, 0.3) is 0 Å². The van der Waals surface area contributed by atoms with E-state index < -0.39 is 0 Å². The summed E-state index contributed by atoms with van der Waals surface area (Å²) in [7, 11) is 4.67. The van der Waals surface area contributed by atoms with E-state index in [0.29, 0.717) is 23.6 Å². The molecule has 1 aliphatic rings. The maximum Gasteiger partial charge on any atom is 0.409 e. The van der Waals surface area contributed by atoms with Gasteiger partial charge in [-0.15, -0.1) is 0 Å². The van der Waals surface area contributed by atoms with Crippen LogP contribution in [-0.4, -0.2) is 47.8 Å². The molecule has 1 atom stereocenters. The number of ketones is 1. The number of benzene rings is 1. The van der Waals surface area contributed by atoms with Gasteiger partial charge in [0.25, 0.3) is 0 Å². The molecule has 0 saturated carbocycles. The maximum atomic E-state index is 13.3. The van der Waals surface area contributed by atoms with Crippen LogP contribution in [0.5, 0.6) is 5.88 Å². The Morgan fingerprint density at radius 1 is 1.29 bits per heavy atom. The Bertz CT molecular complexity index is 903. The van der Waals surface area contributed by atoms with Crippen molar-refractivity contribution in [2.24, 2.45) is 0 Å². The zero-order valence-electron chi connectivity index (χ0n) is 17.1. The molecule has 0 aliphatic heterocycles. The predicted molar refractivity (Wildman–Crippen MR) is 105 cm³/mol. The van der Waals surface area contributed by atoms with E-state index in [1.54, 1.807) is 29.9 Å². The van der Waals surface area contributed by atoms with Crippen molar-refractivity contribution in [3.8, 4) is 5.88 Å². The minimum absolute atomic E-state index is 0.107. The van der Waals surface area contributed by atoms with Gasteiger partial charge in [-0.3, -0.25) is 4.79 Å². The van der Waals surface area contributed by atoms with Crippen molar-refractivity contribution in [3.05, 3.63) is 46.1 Å². The molecule has 1 aromatic heterocycles. The Labute approximate surface area is 165 Å². The largest absolute Gasteiger partial charge is 0.481 e. The summed E-state index contributed by atoms with van der Waals surface area (Å²) in [6.45, 7) is 4.51. The van der Waals surface area contributed by atoms with Crippen LogP contribution in [0.2, 0.25) is 0 Å². The standard InChI is InChI=1S/C21H27N3O4/c1-6-24-20(27-4)16(12-22-24)19(25)15-11-10-14-8-7-9-17(18(14)13(15)2)23(3)21(26)28-5/h10-12,17H,6-9H2,1-5H3. The number of aryl methyl sites for hydroxylation is 2. The molecule has 150 valence electrons. The molecule has 0 fully saturated rings. The highest BCUT2D eigenvalue weighted by Gasteiger charge is 2.31. The van der Waals surface area contributed by atoms with Crippen LogP contribution >= 0.6 is 0 Å². The second-order valence-corrected chi connectivity index (χ2v) is 7.01. The highest BCUT2D eigenvalue weighted by molar-refractivity contribution is 6.11. The van der Waals surface area contributed by atoms with E-state index in [4.69, 9.17) is 9.47 Å². The van der Waals surface area contributed by atoms with Gasteiger partial charge in [0.2, 0.25) is 5.88 Å². The first-order chi connectivity index (χ1) is 13.4. The molecule has 2 aromatic rings. The molecule has 1 heterocycles. The Morgan fingerprint density at radius 2 is 2.04 bits per heavy atom. The van der Waals surface area contributed by atoms with Gasteiger partial charge in [-0.2, -0.15) is 5.10 Å². The molecule has 0 saturated heterocycles. The van der Waals surface area contributed by atoms with Gasteiger partial charge in [0.1, 0.15) is 5.56 Å². The third-order valence-electron chi connectivity index (χ3n) is 5.57. The van der Waals surface area contributed by atoms with E-state index in [9.17, 15) is 9.59 Å². The number of rotatable bonds is 5. The summed E-state index contributed by atoms with van der Waals surface area (Å²) in [6, 6.07) is 3.77. The summed E-state index contributed by atoms with van der Waals surface area (Å²) >= 11 is 0. The van der Waals surface area contributed by atoms with Crippen molar-refractivity contribution in [1.29, 1.82) is 0 Å². The Kier molecular flexibility index (Phi) is 5.72. The molecule has 28 heavy (non-hydrogen) atoms. The first-order valence-electron chi connectivity index (χ1n) is 9.52. The van der Waals surface area contributed by atoms with Gasteiger partial charge in [0.15, 0.2) is 5.78 Å². The van der Waals surface area contributed by atoms with Crippen LogP contribution in [0.3, 0.4) is 0 Å². The Balaban J connectivity index is 2.07. The van der Waals surface area contributed by atoms with Crippen molar-refractivity contribution >= 4 is 11.9 Å². The zero-order chi connectivity index (χ0) is 20.4. The van der Waals surface area contributed by atoms with E-state index in [0.717, 1.165) is 30.4 Å². The van der Waals surface area contributed by atoms with E-state index in [1.807, 2.05) is 26.0 Å². The Morgan fingerprint density at radius 3 is 2.68 bits per heavy atom. The highest BCUT2D eigenvalue weighted by Crippen LogP contribution is 2.38. The lowest BCUT2D eigenvalue weighted by Crippen LogP contribution is -2.34. The first-order valence-corrected chi connectivity index (χ1v) is 9.52. The number of methoxy groups -OCH3 is 2. The second kappa shape index (κ2) is 8.04. The fourth-order valence-corrected chi connectivity index (χ4v) is 4.12. The number of hydrogen-bond donors (Lipinski definition) is 0. The summed E-state index contributed by atoms with van der Waals surface area (Å²) in [5, 5.41) is 4.25. The average Bonchev–Trinajstić information content (AvgIpc) is 3.15. The maximum absolute atomic E-state index is 13.3. The van der Waals surface area contributed by atoms with Gasteiger partial charge in [-0.1, -0.05) is 12.1 Å². The van der Waals surface area contributed by atoms with Crippen molar-refractivity contribution in [2.45, 2.75) is 45.7 Å². The first kappa shape index (κ1) is 19.9. The quantitative estimate of drug-likeness (QED) is 0.736. The normalized spacial score (nSPS) is 15.7.